The standard InChI is InChI=1S/C29H53N5O10/c1-24(36)12-15-29(41)34(44-2)22-10-4-7-19-31-26(38)13-16-27(39)32(42)20-8-3-6-18-30-25(37)14-17-28(40)33(43)21-9-5-11-23-35/h35,42-43H,3-23H2,1-2H3,(H,30,37)(H,31,38). The van der Waals surface area contributed by atoms with Gasteiger partial charge in [0.05, 0.1) is 7.11 Å². The third-order valence-electron chi connectivity index (χ3n) is 6.65. The summed E-state index contributed by atoms with van der Waals surface area (Å²) < 4.78 is 0. The van der Waals surface area contributed by atoms with E-state index in [2.05, 4.69) is 10.6 Å². The third kappa shape index (κ3) is 22.4. The summed E-state index contributed by atoms with van der Waals surface area (Å²) in [5.74, 6) is -2.00. The number of rotatable bonds is 27. The van der Waals surface area contributed by atoms with Gasteiger partial charge in [-0.2, -0.15) is 0 Å². The average molecular weight is 632 g/mol. The SMILES string of the molecule is CON(CCCCCNC(=O)CCC(=O)N(O)CCCCCNC(=O)CCC(=O)N(O)CCCCCO)C(=O)CCC(C)=O. The van der Waals surface area contributed by atoms with Crippen molar-refractivity contribution in [2.75, 3.05) is 46.4 Å². The van der Waals surface area contributed by atoms with E-state index in [4.69, 9.17) is 9.94 Å². The number of carbonyl (C=O) groups is 6. The third-order valence-corrected chi connectivity index (χ3v) is 6.65. The lowest BCUT2D eigenvalue weighted by molar-refractivity contribution is -0.176. The number of amides is 5. The largest absolute Gasteiger partial charge is 0.396 e. The van der Waals surface area contributed by atoms with Crippen molar-refractivity contribution in [1.82, 2.24) is 25.8 Å². The minimum Gasteiger partial charge on any atom is -0.396 e. The minimum atomic E-state index is -0.557. The summed E-state index contributed by atoms with van der Waals surface area (Å²) in [4.78, 5) is 75.9. The lowest BCUT2D eigenvalue weighted by atomic mass is 10.2. The molecule has 0 spiro atoms. The number of aliphatic hydroxyl groups excluding tert-OH is 1. The molecule has 0 saturated heterocycles. The Balaban J connectivity index is 3.84. The Kier molecular flexibility index (Phi) is 24.4. The van der Waals surface area contributed by atoms with Gasteiger partial charge in [-0.3, -0.25) is 39.2 Å². The second-order valence-electron chi connectivity index (χ2n) is 10.5. The normalized spacial score (nSPS) is 10.7. The number of ketones is 1. The highest BCUT2D eigenvalue weighted by Gasteiger charge is 2.15. The Morgan fingerprint density at radius 2 is 1.00 bits per heavy atom. The molecule has 0 atom stereocenters. The summed E-state index contributed by atoms with van der Waals surface area (Å²) in [6, 6.07) is 0. The molecule has 15 heteroatoms. The van der Waals surface area contributed by atoms with E-state index in [0.717, 1.165) is 6.42 Å². The number of aliphatic hydroxyl groups is 1. The molecule has 0 aromatic carbocycles. The van der Waals surface area contributed by atoms with Gasteiger partial charge in [-0.25, -0.2) is 15.2 Å². The van der Waals surface area contributed by atoms with E-state index >= 15 is 0 Å². The van der Waals surface area contributed by atoms with Crippen LogP contribution < -0.4 is 10.6 Å². The molecule has 0 aliphatic carbocycles. The molecule has 0 bridgehead atoms. The molecule has 15 nitrogen and oxygen atoms in total. The first-order valence-electron chi connectivity index (χ1n) is 15.5. The fraction of sp³-hybridized carbons (Fsp3) is 0.793. The van der Waals surface area contributed by atoms with Gasteiger partial charge in [-0.15, -0.1) is 0 Å². The molecule has 0 aromatic heterocycles. The lowest BCUT2D eigenvalue weighted by Gasteiger charge is -2.19. The van der Waals surface area contributed by atoms with Crippen LogP contribution in [0.1, 0.15) is 103 Å². The van der Waals surface area contributed by atoms with Gasteiger partial charge < -0.3 is 20.5 Å². The predicted octanol–water partition coefficient (Wildman–Crippen LogP) is 1.48. The number of hydrogen-bond donors (Lipinski definition) is 5. The van der Waals surface area contributed by atoms with Crippen molar-refractivity contribution in [3.8, 4) is 0 Å². The minimum absolute atomic E-state index is 0.0433. The van der Waals surface area contributed by atoms with E-state index in [1.54, 1.807) is 0 Å². The number of nitrogens with zero attached hydrogens (tertiary/aromatic N) is 3. The van der Waals surface area contributed by atoms with Crippen molar-refractivity contribution >= 4 is 35.3 Å². The smallest absolute Gasteiger partial charge is 0.246 e. The molecule has 5 N–H and O–H groups in total. The highest BCUT2D eigenvalue weighted by molar-refractivity contribution is 5.84. The predicted molar refractivity (Wildman–Crippen MR) is 159 cm³/mol. The molecular formula is C29H53N5O10. The van der Waals surface area contributed by atoms with Crippen LogP contribution in [0.2, 0.25) is 0 Å². The highest BCUT2D eigenvalue weighted by atomic mass is 16.7. The van der Waals surface area contributed by atoms with Crippen LogP contribution in [-0.2, 0) is 33.6 Å². The molecule has 44 heavy (non-hydrogen) atoms. The van der Waals surface area contributed by atoms with Gasteiger partial charge in [0.2, 0.25) is 29.5 Å². The van der Waals surface area contributed by atoms with Crippen molar-refractivity contribution < 1.29 is 49.1 Å². The molecule has 0 aliphatic rings. The monoisotopic (exact) mass is 631 g/mol. The first-order valence-corrected chi connectivity index (χ1v) is 15.5. The van der Waals surface area contributed by atoms with E-state index < -0.39 is 11.8 Å². The van der Waals surface area contributed by atoms with Gasteiger partial charge in [-0.05, 0) is 64.7 Å². The van der Waals surface area contributed by atoms with Gasteiger partial charge in [0.15, 0.2) is 0 Å². The maximum absolute atomic E-state index is 12.1. The van der Waals surface area contributed by atoms with Crippen LogP contribution in [0.15, 0.2) is 0 Å². The Labute approximate surface area is 260 Å². The fourth-order valence-corrected chi connectivity index (χ4v) is 3.98. The first kappa shape index (κ1) is 40.9. The number of hydroxylamine groups is 6. The molecule has 5 amide bonds. The van der Waals surface area contributed by atoms with Crippen molar-refractivity contribution in [3.05, 3.63) is 0 Å². The van der Waals surface area contributed by atoms with Crippen molar-refractivity contribution in [2.45, 2.75) is 103 Å². The Bertz CT molecular complexity index is 873. The molecule has 0 aliphatic heterocycles. The maximum Gasteiger partial charge on any atom is 0.246 e. The van der Waals surface area contributed by atoms with Gasteiger partial charge in [0.25, 0.3) is 0 Å². The highest BCUT2D eigenvalue weighted by Crippen LogP contribution is 2.05. The van der Waals surface area contributed by atoms with Crippen LogP contribution in [-0.4, -0.2) is 112 Å². The summed E-state index contributed by atoms with van der Waals surface area (Å²) in [5, 5.41) is 36.2. The van der Waals surface area contributed by atoms with E-state index in [1.165, 1.54) is 19.1 Å². The second-order valence-corrected chi connectivity index (χ2v) is 10.5. The number of carbonyl (C=O) groups excluding carboxylic acids is 6. The number of nitrogens with one attached hydrogen (secondary N) is 2. The zero-order valence-electron chi connectivity index (χ0n) is 26.4. The summed E-state index contributed by atoms with van der Waals surface area (Å²) >= 11 is 0. The van der Waals surface area contributed by atoms with Gasteiger partial charge in [0, 0.05) is 77.9 Å². The first-order chi connectivity index (χ1) is 21.0. The van der Waals surface area contributed by atoms with Crippen molar-refractivity contribution in [1.29, 1.82) is 0 Å². The van der Waals surface area contributed by atoms with E-state index in [0.29, 0.717) is 81.1 Å². The van der Waals surface area contributed by atoms with Crippen LogP contribution in [0, 0.1) is 0 Å². The van der Waals surface area contributed by atoms with Crippen LogP contribution in [0.25, 0.3) is 0 Å². The summed E-state index contributed by atoms with van der Waals surface area (Å²) in [6.45, 7) is 2.93. The van der Waals surface area contributed by atoms with Gasteiger partial charge in [-0.1, -0.05) is 0 Å². The van der Waals surface area contributed by atoms with Crippen LogP contribution in [0.5, 0.6) is 0 Å². The van der Waals surface area contributed by atoms with E-state index in [1.807, 2.05) is 0 Å². The van der Waals surface area contributed by atoms with Crippen LogP contribution >= 0.6 is 0 Å². The second kappa shape index (κ2) is 26.3. The van der Waals surface area contributed by atoms with E-state index in [9.17, 15) is 39.2 Å². The zero-order valence-corrected chi connectivity index (χ0v) is 26.4. The maximum atomic E-state index is 12.1. The molecule has 0 aromatic rings. The summed E-state index contributed by atoms with van der Waals surface area (Å²) in [7, 11) is 1.40. The molecule has 0 fully saturated rings. The summed E-state index contributed by atoms with van der Waals surface area (Å²) in [5.41, 5.74) is 0. The lowest BCUT2D eigenvalue weighted by Crippen LogP contribution is -2.32. The van der Waals surface area contributed by atoms with Gasteiger partial charge >= 0.3 is 0 Å². The average Bonchev–Trinajstić information content (AvgIpc) is 3.00. The number of hydrogen-bond acceptors (Lipinski definition) is 10. The van der Waals surface area contributed by atoms with Gasteiger partial charge in [0.1, 0.15) is 5.78 Å². The topological polar surface area (TPSA) is 206 Å². The molecule has 0 saturated carbocycles. The molecule has 0 radical (unpaired) electrons. The molecule has 0 rings (SSSR count). The molecular weight excluding hydrogens is 578 g/mol. The molecule has 0 heterocycles. The fourth-order valence-electron chi connectivity index (χ4n) is 3.98. The Hall–Kier alpha value is -3.14. The van der Waals surface area contributed by atoms with Crippen LogP contribution in [0.4, 0.5) is 0 Å². The van der Waals surface area contributed by atoms with Crippen LogP contribution in [0.3, 0.4) is 0 Å². The number of unbranched alkanes of at least 4 members (excludes halogenated alkanes) is 6. The summed E-state index contributed by atoms with van der Waals surface area (Å²) in [6.07, 6.45) is 5.64. The number of Topliss-reactive ketones (excluding diaryl/α,β-unsaturated/α-hetero) is 1. The van der Waals surface area contributed by atoms with E-state index in [-0.39, 0.29) is 81.7 Å². The zero-order chi connectivity index (χ0) is 33.2. The van der Waals surface area contributed by atoms with Crippen molar-refractivity contribution in [2.24, 2.45) is 0 Å². The molecule has 254 valence electrons. The Morgan fingerprint density at radius 1 is 0.568 bits per heavy atom. The van der Waals surface area contributed by atoms with Crippen molar-refractivity contribution in [3.63, 3.8) is 0 Å². The Morgan fingerprint density at radius 3 is 1.43 bits per heavy atom. The molecule has 0 unspecified atom stereocenters. The quantitative estimate of drug-likeness (QED) is 0.0501.